The van der Waals surface area contributed by atoms with E-state index in [9.17, 15) is 13.2 Å². The Morgan fingerprint density at radius 1 is 0.941 bits per heavy atom. The number of halogens is 5. The van der Waals surface area contributed by atoms with Crippen molar-refractivity contribution in [1.29, 1.82) is 0 Å². The topological polar surface area (TPSA) is 37.8 Å². The van der Waals surface area contributed by atoms with E-state index in [0.717, 1.165) is 6.07 Å². The summed E-state index contributed by atoms with van der Waals surface area (Å²) in [6.45, 7) is 7.17. The molecular formula is C25H21ClF4N3P. The fourth-order valence-corrected chi connectivity index (χ4v) is 4.76. The second-order valence-corrected chi connectivity index (χ2v) is 10.8. The number of pyridine rings is 2. The molecular weight excluding hydrogens is 485 g/mol. The lowest BCUT2D eigenvalue weighted by molar-refractivity contribution is 0.577. The molecule has 0 spiro atoms. The average Bonchev–Trinajstić information content (AvgIpc) is 2.75. The first-order valence-corrected chi connectivity index (χ1v) is 13.0. The molecule has 0 unspecified atom stereocenters. The Labute approximate surface area is 201 Å². The zero-order valence-electron chi connectivity index (χ0n) is 18.9. The van der Waals surface area contributed by atoms with Gasteiger partial charge in [0.15, 0.2) is 0 Å². The number of nitrogens with zero attached hydrogens (tertiary/aromatic N) is 2. The van der Waals surface area contributed by atoms with Crippen molar-refractivity contribution in [2.24, 2.45) is 0 Å². The van der Waals surface area contributed by atoms with Gasteiger partial charge in [0, 0.05) is 40.9 Å². The average molecular weight is 506 g/mol. The maximum absolute atomic E-state index is 15.1. The molecule has 1 N–H and O–H groups in total. The van der Waals surface area contributed by atoms with E-state index >= 15 is 4.39 Å². The molecule has 0 saturated heterocycles. The summed E-state index contributed by atoms with van der Waals surface area (Å²) >= 11 is 6.55. The molecule has 2 aromatic heterocycles. The lowest BCUT2D eigenvalue weighted by atomic mass is 10.0. The Morgan fingerprint density at radius 3 is 2.24 bits per heavy atom. The van der Waals surface area contributed by atoms with Gasteiger partial charge in [-0.3, -0.25) is 9.97 Å². The Bertz CT molecular complexity index is 1390. The Morgan fingerprint density at radius 2 is 1.62 bits per heavy atom. The lowest BCUT2D eigenvalue weighted by Crippen LogP contribution is -2.11. The summed E-state index contributed by atoms with van der Waals surface area (Å²) < 4.78 is 57.1. The maximum atomic E-state index is 15.1. The highest BCUT2D eigenvalue weighted by Gasteiger charge is 2.19. The first-order valence-electron chi connectivity index (χ1n) is 10.4. The molecule has 34 heavy (non-hydrogen) atoms. The predicted octanol–water partition coefficient (Wildman–Crippen LogP) is 7.35. The first-order chi connectivity index (χ1) is 16.0. The SMILES string of the molecule is Cc1nc2cc(F)c(-c3cnc(P(C)C)c(F)c3)cc2c(N[C@H](C)c2cc(F)cc(F)c2)c1Cl. The largest absolute Gasteiger partial charge is 0.377 e. The van der Waals surface area contributed by atoms with Gasteiger partial charge in [0.2, 0.25) is 0 Å². The summed E-state index contributed by atoms with van der Waals surface area (Å²) in [6, 6.07) is 6.76. The standard InChI is InChI=1S/C25H21ClF4N3P/c1-12(14-5-16(27)8-17(28)6-14)33-24-19-9-18(15-7-21(30)25(31-11-15)34(3)4)20(29)10-22(19)32-13(2)23(24)26/h5-12H,1-4H3,(H,32,33)/t12-/m1/s1. The van der Waals surface area contributed by atoms with Crippen molar-refractivity contribution in [3.05, 3.63) is 82.1 Å². The van der Waals surface area contributed by atoms with Crippen molar-refractivity contribution >= 4 is 41.5 Å². The van der Waals surface area contributed by atoms with Gasteiger partial charge in [-0.25, -0.2) is 17.6 Å². The number of anilines is 1. The van der Waals surface area contributed by atoms with Crippen molar-refractivity contribution in [2.75, 3.05) is 18.6 Å². The van der Waals surface area contributed by atoms with Gasteiger partial charge in [0.1, 0.15) is 23.3 Å². The molecule has 0 radical (unpaired) electrons. The molecule has 0 aliphatic heterocycles. The third kappa shape index (κ3) is 4.73. The monoisotopic (exact) mass is 505 g/mol. The molecule has 3 nitrogen and oxygen atoms in total. The second kappa shape index (κ2) is 9.47. The molecule has 1 atom stereocenters. The molecule has 0 amide bonds. The summed E-state index contributed by atoms with van der Waals surface area (Å²) in [7, 11) is -0.754. The van der Waals surface area contributed by atoms with Crippen LogP contribution in [0.25, 0.3) is 22.0 Å². The quantitative estimate of drug-likeness (QED) is 0.227. The van der Waals surface area contributed by atoms with Crippen molar-refractivity contribution in [3.8, 4) is 11.1 Å². The minimum Gasteiger partial charge on any atom is -0.377 e. The van der Waals surface area contributed by atoms with E-state index in [4.69, 9.17) is 11.6 Å². The molecule has 2 aromatic carbocycles. The minimum absolute atomic E-state index is 0.135. The van der Waals surface area contributed by atoms with Gasteiger partial charge in [0.05, 0.1) is 27.4 Å². The van der Waals surface area contributed by atoms with Crippen LogP contribution in [0, 0.1) is 30.2 Å². The van der Waals surface area contributed by atoms with Crippen LogP contribution in [0.15, 0.2) is 42.6 Å². The zero-order valence-corrected chi connectivity index (χ0v) is 20.5. The van der Waals surface area contributed by atoms with E-state index in [1.54, 1.807) is 13.8 Å². The highest BCUT2D eigenvalue weighted by Crippen LogP contribution is 2.38. The molecule has 0 aliphatic carbocycles. The van der Waals surface area contributed by atoms with E-state index in [0.29, 0.717) is 33.3 Å². The van der Waals surface area contributed by atoms with Crippen LogP contribution in [0.4, 0.5) is 23.2 Å². The highest BCUT2D eigenvalue weighted by molar-refractivity contribution is 7.63. The molecule has 4 rings (SSSR count). The Balaban J connectivity index is 1.85. The number of aromatic nitrogens is 2. The normalized spacial score (nSPS) is 12.4. The van der Waals surface area contributed by atoms with Gasteiger partial charge in [-0.05, 0) is 57.0 Å². The third-order valence-electron chi connectivity index (χ3n) is 5.48. The van der Waals surface area contributed by atoms with Crippen molar-refractivity contribution in [1.82, 2.24) is 9.97 Å². The van der Waals surface area contributed by atoms with Gasteiger partial charge < -0.3 is 5.32 Å². The molecule has 0 aliphatic rings. The van der Waals surface area contributed by atoms with E-state index in [1.807, 2.05) is 13.3 Å². The molecule has 176 valence electrons. The number of hydrogen-bond donors (Lipinski definition) is 1. The van der Waals surface area contributed by atoms with Crippen molar-refractivity contribution in [3.63, 3.8) is 0 Å². The predicted molar refractivity (Wildman–Crippen MR) is 131 cm³/mol. The number of benzene rings is 2. The number of nitrogens with one attached hydrogen (secondary N) is 1. The summed E-state index contributed by atoms with van der Waals surface area (Å²) in [4.78, 5) is 8.57. The van der Waals surface area contributed by atoms with Crippen molar-refractivity contribution < 1.29 is 17.6 Å². The van der Waals surface area contributed by atoms with Crippen LogP contribution < -0.4 is 10.8 Å². The van der Waals surface area contributed by atoms with Crippen LogP contribution in [0.1, 0.15) is 24.2 Å². The van der Waals surface area contributed by atoms with Crippen LogP contribution in [0.3, 0.4) is 0 Å². The molecule has 9 heteroatoms. The first kappa shape index (κ1) is 24.4. The summed E-state index contributed by atoms with van der Waals surface area (Å²) in [5.74, 6) is -2.48. The van der Waals surface area contributed by atoms with Crippen LogP contribution in [-0.2, 0) is 0 Å². The Hall–Kier alpha value is -2.76. The summed E-state index contributed by atoms with van der Waals surface area (Å²) in [5, 5.41) is 3.95. The van der Waals surface area contributed by atoms with Gasteiger partial charge in [-0.15, -0.1) is 0 Å². The van der Waals surface area contributed by atoms with E-state index in [-0.39, 0.29) is 16.1 Å². The van der Waals surface area contributed by atoms with Gasteiger partial charge >= 0.3 is 0 Å². The van der Waals surface area contributed by atoms with Gasteiger partial charge in [0.25, 0.3) is 0 Å². The van der Waals surface area contributed by atoms with Crippen LogP contribution >= 0.6 is 19.5 Å². The molecule has 0 bridgehead atoms. The third-order valence-corrected chi connectivity index (χ3v) is 7.12. The summed E-state index contributed by atoms with van der Waals surface area (Å²) in [6.07, 6.45) is 1.44. The summed E-state index contributed by atoms with van der Waals surface area (Å²) in [5.41, 5.74) is 2.36. The zero-order chi connectivity index (χ0) is 24.7. The number of rotatable bonds is 5. The molecule has 0 saturated carbocycles. The van der Waals surface area contributed by atoms with Crippen LogP contribution in [-0.4, -0.2) is 23.3 Å². The number of aryl methyl sites for hydroxylation is 1. The van der Waals surface area contributed by atoms with Crippen LogP contribution in [0.2, 0.25) is 5.02 Å². The number of hydrogen-bond acceptors (Lipinski definition) is 3. The lowest BCUT2D eigenvalue weighted by Gasteiger charge is -2.20. The Kier molecular flexibility index (Phi) is 6.79. The smallest absolute Gasteiger partial charge is 0.149 e. The fourth-order valence-electron chi connectivity index (χ4n) is 3.78. The van der Waals surface area contributed by atoms with Gasteiger partial charge in [-0.1, -0.05) is 19.5 Å². The van der Waals surface area contributed by atoms with Gasteiger partial charge in [-0.2, -0.15) is 0 Å². The van der Waals surface area contributed by atoms with E-state index < -0.39 is 37.2 Å². The van der Waals surface area contributed by atoms with Crippen molar-refractivity contribution in [2.45, 2.75) is 19.9 Å². The molecule has 0 fully saturated rings. The molecule has 2 heterocycles. The van der Waals surface area contributed by atoms with Crippen LogP contribution in [0.5, 0.6) is 0 Å². The number of fused-ring (bicyclic) bond motifs is 1. The minimum atomic E-state index is -0.754. The second-order valence-electron chi connectivity index (χ2n) is 8.23. The van der Waals surface area contributed by atoms with E-state index in [2.05, 4.69) is 15.3 Å². The maximum Gasteiger partial charge on any atom is 0.149 e. The van der Waals surface area contributed by atoms with E-state index in [1.165, 1.54) is 36.5 Å². The highest BCUT2D eigenvalue weighted by atomic mass is 35.5. The fraction of sp³-hybridized carbons (Fsp3) is 0.200. The molecule has 4 aromatic rings.